The number of hydrogen-bond acceptors (Lipinski definition) is 3. The number of rotatable bonds is 3. The molecule has 6 heteroatoms. The summed E-state index contributed by atoms with van der Waals surface area (Å²) in [4.78, 5) is 0.312. The standard InChI is InChI=1S/C20H24INO3S/c1-14-5-8-17(9-6-14)26(23,24)22-16(12-21)13-25-19-10-7-15(11-18(19)22)20(2,3)4/h5-11,16H,12-13H2,1-4H3. The number of aryl methyl sites for hydroxylation is 1. The third-order valence-electron chi connectivity index (χ3n) is 4.58. The number of benzene rings is 2. The second kappa shape index (κ2) is 7.03. The van der Waals surface area contributed by atoms with Gasteiger partial charge in [-0.1, -0.05) is 67.1 Å². The Kier molecular flexibility index (Phi) is 5.27. The molecule has 1 atom stereocenters. The molecule has 2 aromatic carbocycles. The van der Waals surface area contributed by atoms with Crippen molar-refractivity contribution < 1.29 is 13.2 Å². The first kappa shape index (κ1) is 19.5. The van der Waals surface area contributed by atoms with Crippen molar-refractivity contribution in [3.8, 4) is 5.75 Å². The van der Waals surface area contributed by atoms with Crippen LogP contribution in [0.25, 0.3) is 0 Å². The first-order chi connectivity index (χ1) is 12.1. The van der Waals surface area contributed by atoms with Gasteiger partial charge in [0.2, 0.25) is 0 Å². The molecule has 0 aromatic heterocycles. The molecule has 0 amide bonds. The number of sulfonamides is 1. The van der Waals surface area contributed by atoms with Crippen molar-refractivity contribution in [3.05, 3.63) is 53.6 Å². The number of halogens is 1. The summed E-state index contributed by atoms with van der Waals surface area (Å²) in [6.07, 6.45) is 0. The Balaban J connectivity index is 2.17. The van der Waals surface area contributed by atoms with Gasteiger partial charge in [0.15, 0.2) is 0 Å². The quantitative estimate of drug-likeness (QED) is 0.469. The van der Waals surface area contributed by atoms with Gasteiger partial charge in [0.05, 0.1) is 16.6 Å². The summed E-state index contributed by atoms with van der Waals surface area (Å²) >= 11 is 2.22. The molecular weight excluding hydrogens is 461 g/mol. The van der Waals surface area contributed by atoms with Gasteiger partial charge in [0, 0.05) is 4.43 Å². The van der Waals surface area contributed by atoms with Crippen LogP contribution in [0.3, 0.4) is 0 Å². The van der Waals surface area contributed by atoms with E-state index in [1.54, 1.807) is 16.4 Å². The van der Waals surface area contributed by atoms with Gasteiger partial charge in [-0.3, -0.25) is 4.31 Å². The number of nitrogens with zero attached hydrogens (tertiary/aromatic N) is 1. The summed E-state index contributed by atoms with van der Waals surface area (Å²) in [5.41, 5.74) is 2.67. The molecule has 0 bridgehead atoms. The van der Waals surface area contributed by atoms with Crippen LogP contribution in [0.4, 0.5) is 5.69 Å². The van der Waals surface area contributed by atoms with Crippen molar-refractivity contribution in [1.29, 1.82) is 0 Å². The summed E-state index contributed by atoms with van der Waals surface area (Å²) in [6.45, 7) is 8.66. The molecule has 26 heavy (non-hydrogen) atoms. The molecule has 1 unspecified atom stereocenters. The van der Waals surface area contributed by atoms with Crippen molar-refractivity contribution >= 4 is 38.3 Å². The van der Waals surface area contributed by atoms with Gasteiger partial charge in [-0.15, -0.1) is 0 Å². The zero-order valence-electron chi connectivity index (χ0n) is 15.5. The van der Waals surface area contributed by atoms with Crippen LogP contribution in [-0.2, 0) is 15.4 Å². The van der Waals surface area contributed by atoms with Gasteiger partial charge in [-0.05, 0) is 42.2 Å². The van der Waals surface area contributed by atoms with Crippen LogP contribution in [-0.4, -0.2) is 25.5 Å². The van der Waals surface area contributed by atoms with E-state index in [9.17, 15) is 8.42 Å². The average molecular weight is 485 g/mol. The van der Waals surface area contributed by atoms with E-state index in [2.05, 4.69) is 43.4 Å². The maximum absolute atomic E-state index is 13.5. The molecule has 140 valence electrons. The fraction of sp³-hybridized carbons (Fsp3) is 0.400. The van der Waals surface area contributed by atoms with Crippen molar-refractivity contribution in [2.45, 2.75) is 44.0 Å². The Morgan fingerprint density at radius 2 is 1.81 bits per heavy atom. The second-order valence-corrected chi connectivity index (χ2v) is 10.4. The van der Waals surface area contributed by atoms with E-state index in [1.165, 1.54) is 0 Å². The van der Waals surface area contributed by atoms with Crippen LogP contribution in [0, 0.1) is 6.92 Å². The van der Waals surface area contributed by atoms with Gasteiger partial charge in [-0.25, -0.2) is 8.42 Å². The molecule has 0 saturated carbocycles. The van der Waals surface area contributed by atoms with Crippen LogP contribution < -0.4 is 9.04 Å². The molecule has 1 aliphatic heterocycles. The topological polar surface area (TPSA) is 46.6 Å². The Hall–Kier alpha value is -1.28. The Bertz CT molecular complexity index is 902. The van der Waals surface area contributed by atoms with Crippen LogP contribution in [0.5, 0.6) is 5.75 Å². The van der Waals surface area contributed by atoms with Crippen LogP contribution in [0.1, 0.15) is 31.9 Å². The van der Waals surface area contributed by atoms with E-state index in [1.807, 2.05) is 37.3 Å². The summed E-state index contributed by atoms with van der Waals surface area (Å²) < 4.78 is 35.0. The summed E-state index contributed by atoms with van der Waals surface area (Å²) in [6, 6.07) is 12.6. The van der Waals surface area contributed by atoms with Gasteiger partial charge in [-0.2, -0.15) is 0 Å². The lowest BCUT2D eigenvalue weighted by molar-refractivity contribution is 0.284. The minimum Gasteiger partial charge on any atom is -0.489 e. The molecule has 0 spiro atoms. The molecule has 1 heterocycles. The lowest BCUT2D eigenvalue weighted by Gasteiger charge is -2.37. The van der Waals surface area contributed by atoms with Crippen molar-refractivity contribution in [2.24, 2.45) is 0 Å². The highest BCUT2D eigenvalue weighted by Gasteiger charge is 2.37. The molecule has 1 aliphatic rings. The fourth-order valence-corrected chi connectivity index (χ4v) is 5.54. The molecule has 3 rings (SSSR count). The summed E-state index contributed by atoms with van der Waals surface area (Å²) in [7, 11) is -3.67. The monoisotopic (exact) mass is 485 g/mol. The summed E-state index contributed by atoms with van der Waals surface area (Å²) in [5.74, 6) is 0.620. The largest absolute Gasteiger partial charge is 0.489 e. The smallest absolute Gasteiger partial charge is 0.264 e. The molecule has 4 nitrogen and oxygen atoms in total. The highest BCUT2D eigenvalue weighted by molar-refractivity contribution is 14.1. The number of alkyl halides is 1. The fourth-order valence-electron chi connectivity index (χ4n) is 2.99. The zero-order valence-corrected chi connectivity index (χ0v) is 18.5. The lowest BCUT2D eigenvalue weighted by atomic mass is 9.86. The molecule has 0 N–H and O–H groups in total. The molecular formula is C20H24INO3S. The molecule has 0 saturated heterocycles. The van der Waals surface area contributed by atoms with E-state index in [4.69, 9.17) is 4.74 Å². The van der Waals surface area contributed by atoms with Crippen LogP contribution in [0.2, 0.25) is 0 Å². The normalized spacial score (nSPS) is 17.6. The van der Waals surface area contributed by atoms with Gasteiger partial charge in [0.25, 0.3) is 10.0 Å². The minimum atomic E-state index is -3.67. The Labute approximate surface area is 169 Å². The van der Waals surface area contributed by atoms with Gasteiger partial charge >= 0.3 is 0 Å². The van der Waals surface area contributed by atoms with E-state index in [0.717, 1.165) is 11.1 Å². The zero-order chi connectivity index (χ0) is 19.1. The third-order valence-corrected chi connectivity index (χ3v) is 7.48. The molecule has 0 aliphatic carbocycles. The van der Waals surface area contributed by atoms with E-state index < -0.39 is 10.0 Å². The predicted octanol–water partition coefficient (Wildman–Crippen LogP) is 4.68. The Morgan fingerprint density at radius 3 is 2.38 bits per heavy atom. The number of anilines is 1. The third kappa shape index (κ3) is 3.58. The number of ether oxygens (including phenoxy) is 1. The first-order valence-corrected chi connectivity index (χ1v) is 11.6. The van der Waals surface area contributed by atoms with Crippen LogP contribution >= 0.6 is 22.6 Å². The molecule has 0 fully saturated rings. The first-order valence-electron chi connectivity index (χ1n) is 8.59. The molecule has 2 aromatic rings. The van der Waals surface area contributed by atoms with Crippen molar-refractivity contribution in [2.75, 3.05) is 15.3 Å². The van der Waals surface area contributed by atoms with Crippen molar-refractivity contribution in [1.82, 2.24) is 0 Å². The maximum atomic E-state index is 13.5. The van der Waals surface area contributed by atoms with E-state index >= 15 is 0 Å². The highest BCUT2D eigenvalue weighted by Crippen LogP contribution is 2.40. The lowest BCUT2D eigenvalue weighted by Crippen LogP contribution is -2.47. The van der Waals surface area contributed by atoms with E-state index in [0.29, 0.717) is 27.4 Å². The van der Waals surface area contributed by atoms with Gasteiger partial charge in [0.1, 0.15) is 12.4 Å². The van der Waals surface area contributed by atoms with Crippen molar-refractivity contribution in [3.63, 3.8) is 0 Å². The summed E-state index contributed by atoms with van der Waals surface area (Å²) in [5, 5.41) is 0. The van der Waals surface area contributed by atoms with Gasteiger partial charge < -0.3 is 4.74 Å². The average Bonchev–Trinajstić information content (AvgIpc) is 2.59. The SMILES string of the molecule is Cc1ccc(S(=O)(=O)N2c3cc(C(C)(C)C)ccc3OCC2CI)cc1. The second-order valence-electron chi connectivity index (χ2n) is 7.67. The Morgan fingerprint density at radius 1 is 1.15 bits per heavy atom. The molecule has 0 radical (unpaired) electrons. The number of fused-ring (bicyclic) bond motifs is 1. The maximum Gasteiger partial charge on any atom is 0.264 e. The minimum absolute atomic E-state index is 0.0778. The van der Waals surface area contributed by atoms with E-state index in [-0.39, 0.29) is 11.5 Å². The highest BCUT2D eigenvalue weighted by atomic mass is 127. The predicted molar refractivity (Wildman–Crippen MR) is 114 cm³/mol. The number of hydrogen-bond donors (Lipinski definition) is 0. The van der Waals surface area contributed by atoms with Crippen LogP contribution in [0.15, 0.2) is 47.4 Å².